The van der Waals surface area contributed by atoms with E-state index >= 15 is 0 Å². The van der Waals surface area contributed by atoms with Gasteiger partial charge in [-0.1, -0.05) is 66.4 Å². The Morgan fingerprint density at radius 1 is 1.00 bits per heavy atom. The molecular weight excluding hydrogens is 574 g/mol. The zero-order chi connectivity index (χ0) is 30.3. The zero-order valence-corrected chi connectivity index (χ0v) is 25.8. The predicted octanol–water partition coefficient (Wildman–Crippen LogP) is 5.72. The molecule has 1 aliphatic rings. The van der Waals surface area contributed by atoms with E-state index in [9.17, 15) is 18.0 Å². The third-order valence-electron chi connectivity index (χ3n) is 7.46. The molecule has 3 aromatic carbocycles. The number of ether oxygens (including phenoxy) is 1. The van der Waals surface area contributed by atoms with E-state index in [1.165, 1.54) is 29.2 Å². The van der Waals surface area contributed by atoms with Crippen LogP contribution in [-0.4, -0.2) is 50.4 Å². The minimum absolute atomic E-state index is 0.0249. The summed E-state index contributed by atoms with van der Waals surface area (Å²) in [5.74, 6) is -0.458. The average Bonchev–Trinajstić information content (AvgIpc) is 3.49. The first-order chi connectivity index (χ1) is 20.1. The molecule has 0 radical (unpaired) electrons. The summed E-state index contributed by atoms with van der Waals surface area (Å²) in [6.07, 6.45) is 3.93. The lowest BCUT2D eigenvalue weighted by Crippen LogP contribution is -2.52. The van der Waals surface area contributed by atoms with Crippen molar-refractivity contribution >= 4 is 39.1 Å². The first kappa shape index (κ1) is 31.4. The number of amides is 2. The van der Waals surface area contributed by atoms with Crippen molar-refractivity contribution in [2.75, 3.05) is 17.5 Å². The molecule has 1 aliphatic carbocycles. The molecule has 1 fully saturated rings. The van der Waals surface area contributed by atoms with Gasteiger partial charge in [-0.3, -0.25) is 13.9 Å². The number of para-hydroxylation sites is 2. The molecule has 224 valence electrons. The number of nitrogens with one attached hydrogen (secondary N) is 1. The minimum Gasteiger partial charge on any atom is -0.492 e. The van der Waals surface area contributed by atoms with E-state index in [4.69, 9.17) is 16.3 Å². The third-order valence-corrected chi connectivity index (χ3v) is 9.48. The smallest absolute Gasteiger partial charge is 0.264 e. The number of anilines is 1. The van der Waals surface area contributed by atoms with Gasteiger partial charge in [-0.05, 0) is 75.6 Å². The van der Waals surface area contributed by atoms with Crippen LogP contribution in [-0.2, 0) is 26.2 Å². The molecule has 3 aromatic rings. The molecule has 42 heavy (non-hydrogen) atoms. The Morgan fingerprint density at radius 3 is 2.29 bits per heavy atom. The van der Waals surface area contributed by atoms with E-state index in [0.717, 1.165) is 41.1 Å². The fourth-order valence-electron chi connectivity index (χ4n) is 5.05. The second-order valence-corrected chi connectivity index (χ2v) is 12.8. The van der Waals surface area contributed by atoms with Crippen LogP contribution in [0.15, 0.2) is 77.7 Å². The lowest BCUT2D eigenvalue weighted by atomic mass is 10.1. The topological polar surface area (TPSA) is 96.0 Å². The van der Waals surface area contributed by atoms with E-state index in [1.807, 2.05) is 31.2 Å². The molecule has 1 N–H and O–H groups in total. The van der Waals surface area contributed by atoms with Crippen LogP contribution in [0, 0.1) is 6.92 Å². The second-order valence-electron chi connectivity index (χ2n) is 10.5. The molecule has 1 saturated carbocycles. The zero-order valence-electron chi connectivity index (χ0n) is 24.3. The molecule has 4 rings (SSSR count). The number of aryl methyl sites for hydroxylation is 1. The fraction of sp³-hybridized carbons (Fsp3) is 0.375. The van der Waals surface area contributed by atoms with Crippen molar-refractivity contribution in [3.05, 3.63) is 88.9 Å². The average molecular weight is 612 g/mol. The van der Waals surface area contributed by atoms with Gasteiger partial charge in [-0.15, -0.1) is 0 Å². The number of hydrogen-bond acceptors (Lipinski definition) is 5. The van der Waals surface area contributed by atoms with E-state index < -0.39 is 28.5 Å². The van der Waals surface area contributed by atoms with Gasteiger partial charge in [0.05, 0.1) is 17.2 Å². The van der Waals surface area contributed by atoms with Crippen LogP contribution in [0.4, 0.5) is 5.69 Å². The first-order valence-corrected chi connectivity index (χ1v) is 16.1. The highest BCUT2D eigenvalue weighted by molar-refractivity contribution is 7.92. The largest absolute Gasteiger partial charge is 0.492 e. The van der Waals surface area contributed by atoms with Crippen LogP contribution in [0.2, 0.25) is 5.02 Å². The second kappa shape index (κ2) is 14.1. The summed E-state index contributed by atoms with van der Waals surface area (Å²) < 4.78 is 34.9. The number of rotatable bonds is 12. The van der Waals surface area contributed by atoms with Crippen molar-refractivity contribution in [2.24, 2.45) is 0 Å². The lowest BCUT2D eigenvalue weighted by molar-refractivity contribution is -0.139. The summed E-state index contributed by atoms with van der Waals surface area (Å²) in [5, 5.41) is 3.47. The number of nitrogens with zero attached hydrogens (tertiary/aromatic N) is 2. The number of carbonyl (C=O) groups is 2. The molecule has 0 unspecified atom stereocenters. The molecule has 0 spiro atoms. The standard InChI is InChI=1S/C32H38ClN3O5S/c1-4-41-30-12-8-7-11-29(30)36(42(39,40)28-19-17-26(33)18-20-28)22-31(37)35(21-25-15-13-23(2)14-16-25)24(3)32(38)34-27-9-5-6-10-27/h7-8,11-20,24,27H,4-6,9-10,21-22H2,1-3H3,(H,34,38)/t24-/m1/s1. The van der Waals surface area contributed by atoms with Gasteiger partial charge in [-0.25, -0.2) is 8.42 Å². The van der Waals surface area contributed by atoms with Crippen LogP contribution in [0.3, 0.4) is 0 Å². The summed E-state index contributed by atoms with van der Waals surface area (Å²) in [6.45, 7) is 5.36. The number of sulfonamides is 1. The van der Waals surface area contributed by atoms with Gasteiger partial charge in [0, 0.05) is 17.6 Å². The normalized spacial score (nSPS) is 14.3. The van der Waals surface area contributed by atoms with Gasteiger partial charge in [0.25, 0.3) is 10.0 Å². The summed E-state index contributed by atoms with van der Waals surface area (Å²) in [4.78, 5) is 28.9. The third kappa shape index (κ3) is 7.63. The molecular formula is C32H38ClN3O5S. The Hall–Kier alpha value is -3.56. The van der Waals surface area contributed by atoms with Crippen molar-refractivity contribution in [2.45, 2.75) is 70.0 Å². The molecule has 2 amide bonds. The highest BCUT2D eigenvalue weighted by Crippen LogP contribution is 2.33. The van der Waals surface area contributed by atoms with Crippen molar-refractivity contribution in [1.82, 2.24) is 10.2 Å². The van der Waals surface area contributed by atoms with Crippen molar-refractivity contribution in [1.29, 1.82) is 0 Å². The number of carbonyl (C=O) groups excluding carboxylic acids is 2. The number of halogens is 1. The maximum atomic E-state index is 14.2. The van der Waals surface area contributed by atoms with Crippen LogP contribution in [0.5, 0.6) is 5.75 Å². The summed E-state index contributed by atoms with van der Waals surface area (Å²) in [5.41, 5.74) is 2.12. The van der Waals surface area contributed by atoms with Crippen molar-refractivity contribution in [3.63, 3.8) is 0 Å². The van der Waals surface area contributed by atoms with Gasteiger partial charge in [-0.2, -0.15) is 0 Å². The van der Waals surface area contributed by atoms with Crippen LogP contribution in [0.25, 0.3) is 0 Å². The van der Waals surface area contributed by atoms with E-state index in [0.29, 0.717) is 17.4 Å². The highest BCUT2D eigenvalue weighted by atomic mass is 35.5. The minimum atomic E-state index is -4.24. The SMILES string of the molecule is CCOc1ccccc1N(CC(=O)N(Cc1ccc(C)cc1)[C@H](C)C(=O)NC1CCCC1)S(=O)(=O)c1ccc(Cl)cc1. The van der Waals surface area contributed by atoms with Gasteiger partial charge >= 0.3 is 0 Å². The Labute approximate surface area is 253 Å². The molecule has 0 aromatic heterocycles. The van der Waals surface area contributed by atoms with Gasteiger partial charge in [0.2, 0.25) is 11.8 Å². The number of benzene rings is 3. The highest BCUT2D eigenvalue weighted by Gasteiger charge is 2.34. The predicted molar refractivity (Wildman–Crippen MR) is 165 cm³/mol. The lowest BCUT2D eigenvalue weighted by Gasteiger charge is -2.33. The fourth-order valence-corrected chi connectivity index (χ4v) is 6.60. The van der Waals surface area contributed by atoms with E-state index in [-0.39, 0.29) is 29.1 Å². The van der Waals surface area contributed by atoms with Crippen LogP contribution in [0.1, 0.15) is 50.7 Å². The van der Waals surface area contributed by atoms with Crippen molar-refractivity contribution in [3.8, 4) is 5.75 Å². The van der Waals surface area contributed by atoms with E-state index in [2.05, 4.69) is 5.32 Å². The summed E-state index contributed by atoms with van der Waals surface area (Å²) in [6, 6.07) is 19.4. The first-order valence-electron chi connectivity index (χ1n) is 14.3. The molecule has 0 saturated heterocycles. The van der Waals surface area contributed by atoms with E-state index in [1.54, 1.807) is 38.1 Å². The summed E-state index contributed by atoms with van der Waals surface area (Å²) in [7, 11) is -4.24. The molecule has 0 bridgehead atoms. The number of hydrogen-bond donors (Lipinski definition) is 1. The maximum absolute atomic E-state index is 14.2. The Morgan fingerprint density at radius 2 is 1.64 bits per heavy atom. The Kier molecular flexibility index (Phi) is 10.5. The Bertz CT molecular complexity index is 1470. The summed E-state index contributed by atoms with van der Waals surface area (Å²) >= 11 is 6.04. The maximum Gasteiger partial charge on any atom is 0.264 e. The molecule has 10 heteroatoms. The van der Waals surface area contributed by atoms with Gasteiger partial charge in [0.15, 0.2) is 0 Å². The van der Waals surface area contributed by atoms with Crippen LogP contribution >= 0.6 is 11.6 Å². The Balaban J connectivity index is 1.72. The van der Waals surface area contributed by atoms with Crippen molar-refractivity contribution < 1.29 is 22.7 Å². The molecule has 0 aliphatic heterocycles. The monoisotopic (exact) mass is 611 g/mol. The van der Waals surface area contributed by atoms with Crippen LogP contribution < -0.4 is 14.4 Å². The quantitative estimate of drug-likeness (QED) is 0.283. The molecule has 0 heterocycles. The van der Waals surface area contributed by atoms with Gasteiger partial charge < -0.3 is 15.0 Å². The molecule has 8 nitrogen and oxygen atoms in total. The molecule has 1 atom stereocenters. The van der Waals surface area contributed by atoms with Gasteiger partial charge in [0.1, 0.15) is 18.3 Å².